The van der Waals surface area contributed by atoms with E-state index in [2.05, 4.69) is 0 Å². The van der Waals surface area contributed by atoms with E-state index in [-0.39, 0.29) is 17.3 Å². The summed E-state index contributed by atoms with van der Waals surface area (Å²) >= 11 is 1.20. The van der Waals surface area contributed by atoms with Crippen molar-refractivity contribution in [2.45, 2.75) is 32.9 Å². The van der Waals surface area contributed by atoms with Gasteiger partial charge in [-0.05, 0) is 24.8 Å². The van der Waals surface area contributed by atoms with E-state index in [4.69, 9.17) is 4.74 Å². The lowest BCUT2D eigenvalue weighted by atomic mass is 10.2. The summed E-state index contributed by atoms with van der Waals surface area (Å²) in [6.07, 6.45) is 1.59. The maximum Gasteiger partial charge on any atom is 0.332 e. The zero-order valence-electron chi connectivity index (χ0n) is 12.8. The minimum atomic E-state index is -0.303. The van der Waals surface area contributed by atoms with Crippen LogP contribution in [0.1, 0.15) is 34.6 Å². The molecule has 6 nitrogen and oxygen atoms in total. The first kappa shape index (κ1) is 15.2. The first-order chi connectivity index (χ1) is 10.5. The maximum absolute atomic E-state index is 12.8. The largest absolute Gasteiger partial charge is 0.383 e. The maximum atomic E-state index is 12.8. The number of fused-ring (bicyclic) bond motifs is 1. The van der Waals surface area contributed by atoms with Gasteiger partial charge in [0.15, 0.2) is 6.29 Å². The second-order valence-electron chi connectivity index (χ2n) is 5.77. The second-order valence-corrected chi connectivity index (χ2v) is 6.80. The third kappa shape index (κ3) is 2.16. The van der Waals surface area contributed by atoms with Crippen LogP contribution >= 0.6 is 11.3 Å². The van der Waals surface area contributed by atoms with Crippen molar-refractivity contribution in [2.24, 2.45) is 5.92 Å². The number of aldehydes is 1. The summed E-state index contributed by atoms with van der Waals surface area (Å²) in [5, 5.41) is 0.488. The number of ether oxygens (including phenoxy) is 1. The second kappa shape index (κ2) is 5.48. The molecule has 1 fully saturated rings. The van der Waals surface area contributed by atoms with E-state index in [1.165, 1.54) is 15.9 Å². The first-order valence-corrected chi connectivity index (χ1v) is 8.05. The number of aryl methyl sites for hydroxylation is 1. The molecule has 2 atom stereocenters. The number of carbonyl (C=O) groups is 1. The van der Waals surface area contributed by atoms with Gasteiger partial charge in [0, 0.05) is 13.2 Å². The lowest BCUT2D eigenvalue weighted by Crippen LogP contribution is -2.40. The molecule has 118 valence electrons. The van der Waals surface area contributed by atoms with Crippen molar-refractivity contribution in [3.63, 3.8) is 0 Å². The average molecular weight is 322 g/mol. The molecule has 1 aliphatic carbocycles. The monoisotopic (exact) mass is 322 g/mol. The van der Waals surface area contributed by atoms with Crippen molar-refractivity contribution in [1.29, 1.82) is 0 Å². The van der Waals surface area contributed by atoms with Crippen LogP contribution in [-0.4, -0.2) is 29.1 Å². The lowest BCUT2D eigenvalue weighted by molar-refractivity contribution is 0.112. The van der Waals surface area contributed by atoms with E-state index in [0.29, 0.717) is 39.7 Å². The predicted octanol–water partition coefficient (Wildman–Crippen LogP) is 1.57. The third-order valence-corrected chi connectivity index (χ3v) is 5.54. The number of nitrogens with zero attached hydrogens (tertiary/aromatic N) is 2. The minimum Gasteiger partial charge on any atom is -0.383 e. The SMILES string of the molecule is COCCn1c(=O)n(C2CC2C)c(=O)c2c(C)c(C=O)sc21. The van der Waals surface area contributed by atoms with Crippen LogP contribution in [0.25, 0.3) is 10.2 Å². The molecule has 0 saturated heterocycles. The molecule has 3 rings (SSSR count). The molecule has 0 amide bonds. The Bertz CT molecular complexity index is 861. The fourth-order valence-corrected chi connectivity index (χ4v) is 3.96. The normalized spacial score (nSPS) is 20.5. The van der Waals surface area contributed by atoms with E-state index in [9.17, 15) is 14.4 Å². The van der Waals surface area contributed by atoms with Gasteiger partial charge >= 0.3 is 5.69 Å². The number of rotatable bonds is 5. The summed E-state index contributed by atoms with van der Waals surface area (Å²) < 4.78 is 7.99. The van der Waals surface area contributed by atoms with Crippen molar-refractivity contribution in [2.75, 3.05) is 13.7 Å². The van der Waals surface area contributed by atoms with Gasteiger partial charge in [-0.25, -0.2) is 4.79 Å². The molecule has 0 spiro atoms. The highest BCUT2D eigenvalue weighted by molar-refractivity contribution is 7.20. The van der Waals surface area contributed by atoms with Gasteiger partial charge in [-0.2, -0.15) is 0 Å². The Morgan fingerprint density at radius 2 is 2.09 bits per heavy atom. The van der Waals surface area contributed by atoms with Crippen molar-refractivity contribution in [3.05, 3.63) is 31.3 Å². The van der Waals surface area contributed by atoms with Crippen LogP contribution in [0.2, 0.25) is 0 Å². The smallest absolute Gasteiger partial charge is 0.332 e. The summed E-state index contributed by atoms with van der Waals surface area (Å²) in [5.74, 6) is 0.336. The molecule has 22 heavy (non-hydrogen) atoms. The Kier molecular flexibility index (Phi) is 3.78. The van der Waals surface area contributed by atoms with Crippen molar-refractivity contribution in [3.8, 4) is 0 Å². The quantitative estimate of drug-likeness (QED) is 0.784. The Morgan fingerprint density at radius 3 is 2.64 bits per heavy atom. The molecular formula is C15H18N2O4S. The number of hydrogen-bond donors (Lipinski definition) is 0. The molecule has 1 aliphatic rings. The topological polar surface area (TPSA) is 70.3 Å². The number of methoxy groups -OCH3 is 1. The van der Waals surface area contributed by atoms with Gasteiger partial charge < -0.3 is 4.74 Å². The van der Waals surface area contributed by atoms with Crippen LogP contribution in [0.4, 0.5) is 0 Å². The fourth-order valence-electron chi connectivity index (χ4n) is 2.83. The van der Waals surface area contributed by atoms with Crippen molar-refractivity contribution < 1.29 is 9.53 Å². The zero-order chi connectivity index (χ0) is 16.0. The van der Waals surface area contributed by atoms with Gasteiger partial charge in [0.25, 0.3) is 5.56 Å². The van der Waals surface area contributed by atoms with Crippen LogP contribution in [0, 0.1) is 12.8 Å². The molecule has 7 heteroatoms. The van der Waals surface area contributed by atoms with Crippen molar-refractivity contribution >= 4 is 27.8 Å². The Morgan fingerprint density at radius 1 is 1.41 bits per heavy atom. The highest BCUT2D eigenvalue weighted by atomic mass is 32.1. The van der Waals surface area contributed by atoms with E-state index in [1.807, 2.05) is 6.92 Å². The zero-order valence-corrected chi connectivity index (χ0v) is 13.6. The molecule has 0 aromatic carbocycles. The third-order valence-electron chi connectivity index (χ3n) is 4.30. The highest BCUT2D eigenvalue weighted by Crippen LogP contribution is 2.41. The molecule has 0 N–H and O–H groups in total. The van der Waals surface area contributed by atoms with E-state index < -0.39 is 0 Å². The van der Waals surface area contributed by atoms with Crippen LogP contribution < -0.4 is 11.2 Å². The van der Waals surface area contributed by atoms with E-state index in [0.717, 1.165) is 12.7 Å². The van der Waals surface area contributed by atoms with Crippen LogP contribution in [0.3, 0.4) is 0 Å². The molecule has 2 aromatic heterocycles. The standard InChI is InChI=1S/C15H18N2O4S/c1-8-6-10(8)17-13(19)12-9(2)11(7-18)22-14(12)16(15(17)20)4-5-21-3/h7-8,10H,4-6H2,1-3H3. The molecule has 2 aromatic rings. The first-order valence-electron chi connectivity index (χ1n) is 7.23. The Hall–Kier alpha value is -1.73. The number of carbonyl (C=O) groups excluding carboxylic acids is 1. The van der Waals surface area contributed by atoms with Gasteiger partial charge in [0.2, 0.25) is 0 Å². The molecule has 2 unspecified atom stereocenters. The molecule has 2 heterocycles. The average Bonchev–Trinajstić information content (AvgIpc) is 3.09. The molecule has 1 saturated carbocycles. The highest BCUT2D eigenvalue weighted by Gasteiger charge is 2.38. The molecule has 0 aliphatic heterocycles. The number of hydrogen-bond acceptors (Lipinski definition) is 5. The Labute approximate surface area is 130 Å². The number of thiophene rings is 1. The van der Waals surface area contributed by atoms with Crippen molar-refractivity contribution in [1.82, 2.24) is 9.13 Å². The summed E-state index contributed by atoms with van der Waals surface area (Å²) in [6.45, 7) is 4.53. The van der Waals surface area contributed by atoms with Gasteiger partial charge in [-0.1, -0.05) is 6.92 Å². The van der Waals surface area contributed by atoms with E-state index >= 15 is 0 Å². The number of aromatic nitrogens is 2. The molecule has 0 radical (unpaired) electrons. The van der Waals surface area contributed by atoms with Crippen LogP contribution in [0.15, 0.2) is 9.59 Å². The van der Waals surface area contributed by atoms with Gasteiger partial charge in [-0.3, -0.25) is 18.7 Å². The summed E-state index contributed by atoms with van der Waals surface area (Å²) in [4.78, 5) is 37.8. The summed E-state index contributed by atoms with van der Waals surface area (Å²) in [5.41, 5.74) is 0.0840. The lowest BCUT2D eigenvalue weighted by Gasteiger charge is -2.11. The predicted molar refractivity (Wildman–Crippen MR) is 85.2 cm³/mol. The van der Waals surface area contributed by atoms with Gasteiger partial charge in [0.1, 0.15) is 4.83 Å². The van der Waals surface area contributed by atoms with Gasteiger partial charge in [0.05, 0.1) is 23.4 Å². The minimum absolute atomic E-state index is 0.0304. The molecule has 0 bridgehead atoms. The summed E-state index contributed by atoms with van der Waals surface area (Å²) in [7, 11) is 1.57. The van der Waals surface area contributed by atoms with Crippen LogP contribution in [-0.2, 0) is 11.3 Å². The Balaban J connectivity index is 2.37. The fraction of sp³-hybridized carbons (Fsp3) is 0.533. The van der Waals surface area contributed by atoms with Crippen LogP contribution in [0.5, 0.6) is 0 Å². The van der Waals surface area contributed by atoms with E-state index in [1.54, 1.807) is 18.6 Å². The molecular weight excluding hydrogens is 304 g/mol. The van der Waals surface area contributed by atoms with Gasteiger partial charge in [-0.15, -0.1) is 11.3 Å². The summed E-state index contributed by atoms with van der Waals surface area (Å²) in [6, 6.07) is -0.0304.